The van der Waals surface area contributed by atoms with Crippen molar-refractivity contribution in [2.45, 2.75) is 42.5 Å². The van der Waals surface area contributed by atoms with E-state index in [1.165, 1.54) is 17.0 Å². The van der Waals surface area contributed by atoms with Crippen LogP contribution in [0.25, 0.3) is 0 Å². The molecule has 2 aliphatic rings. The number of likely N-dealkylation sites (tertiary alicyclic amines) is 1. The van der Waals surface area contributed by atoms with Crippen LogP contribution >= 0.6 is 11.8 Å². The lowest BCUT2D eigenvalue weighted by atomic mass is 10.1. The van der Waals surface area contributed by atoms with Gasteiger partial charge < -0.3 is 20.1 Å². The molecule has 2 aliphatic heterocycles. The summed E-state index contributed by atoms with van der Waals surface area (Å²) in [5.41, 5.74) is 1.74. The van der Waals surface area contributed by atoms with Crippen molar-refractivity contribution >= 4 is 29.4 Å². The van der Waals surface area contributed by atoms with Gasteiger partial charge in [0, 0.05) is 42.3 Å². The first-order chi connectivity index (χ1) is 17.4. The first-order valence-electron chi connectivity index (χ1n) is 11.9. The Kier molecular flexibility index (Phi) is 8.65. The fourth-order valence-electron chi connectivity index (χ4n) is 4.32. The van der Waals surface area contributed by atoms with Crippen molar-refractivity contribution in [3.63, 3.8) is 0 Å². The SMILES string of the molecule is COc1ccc(CS[C@H]2C[C@@H](C(=O)NC3CCNC3)N(C(=O)OCc3ccc([N+](=O)[O-])cc3)C2)cc1. The minimum absolute atomic E-state index is 0.0283. The van der Waals surface area contributed by atoms with Crippen molar-refractivity contribution < 1.29 is 24.0 Å². The van der Waals surface area contributed by atoms with E-state index in [0.717, 1.165) is 36.6 Å². The molecule has 0 bridgehead atoms. The Labute approximate surface area is 213 Å². The van der Waals surface area contributed by atoms with E-state index in [1.807, 2.05) is 24.3 Å². The number of benzene rings is 2. The van der Waals surface area contributed by atoms with Gasteiger partial charge in [-0.1, -0.05) is 12.1 Å². The number of nitrogens with zero attached hydrogens (tertiary/aromatic N) is 2. The molecule has 2 saturated heterocycles. The molecule has 2 heterocycles. The largest absolute Gasteiger partial charge is 0.497 e. The summed E-state index contributed by atoms with van der Waals surface area (Å²) < 4.78 is 10.7. The van der Waals surface area contributed by atoms with Gasteiger partial charge in [-0.15, -0.1) is 0 Å². The zero-order chi connectivity index (χ0) is 25.5. The Bertz CT molecular complexity index is 1060. The van der Waals surface area contributed by atoms with Crippen LogP contribution in [-0.2, 0) is 21.9 Å². The van der Waals surface area contributed by atoms with Crippen molar-refractivity contribution in [2.24, 2.45) is 0 Å². The van der Waals surface area contributed by atoms with E-state index in [4.69, 9.17) is 9.47 Å². The lowest BCUT2D eigenvalue weighted by Crippen LogP contribution is -2.49. The van der Waals surface area contributed by atoms with E-state index in [1.54, 1.807) is 31.0 Å². The van der Waals surface area contributed by atoms with Crippen molar-refractivity contribution in [1.29, 1.82) is 0 Å². The summed E-state index contributed by atoms with van der Waals surface area (Å²) >= 11 is 1.71. The lowest BCUT2D eigenvalue weighted by Gasteiger charge is -2.24. The maximum Gasteiger partial charge on any atom is 0.410 e. The summed E-state index contributed by atoms with van der Waals surface area (Å²) in [4.78, 5) is 38.0. The molecular weight excluding hydrogens is 484 g/mol. The summed E-state index contributed by atoms with van der Waals surface area (Å²) in [7, 11) is 1.63. The number of non-ortho nitro benzene ring substituents is 1. The number of hydrogen-bond acceptors (Lipinski definition) is 8. The molecule has 0 spiro atoms. The predicted octanol–water partition coefficient (Wildman–Crippen LogP) is 3.09. The minimum Gasteiger partial charge on any atom is -0.497 e. The van der Waals surface area contributed by atoms with E-state index in [0.29, 0.717) is 18.5 Å². The Morgan fingerprint density at radius 1 is 1.17 bits per heavy atom. The fraction of sp³-hybridized carbons (Fsp3) is 0.440. The number of amides is 2. The average molecular weight is 515 g/mol. The standard InChI is InChI=1S/C25H30N4O6S/c1-34-21-8-4-18(5-9-21)16-36-22-12-23(24(30)27-19-10-11-26-13-19)28(14-22)25(31)35-15-17-2-6-20(7-3-17)29(32)33/h2-9,19,22-23,26H,10-16H2,1H3,(H,27,30)/t19?,22-,23-/m0/s1. The Balaban J connectivity index is 1.38. The van der Waals surface area contributed by atoms with Gasteiger partial charge in [0.1, 0.15) is 18.4 Å². The van der Waals surface area contributed by atoms with E-state index in [-0.39, 0.29) is 29.5 Å². The second-order valence-corrected chi connectivity index (χ2v) is 10.2. The van der Waals surface area contributed by atoms with Crippen LogP contribution in [0, 0.1) is 10.1 Å². The number of ether oxygens (including phenoxy) is 2. The third-order valence-electron chi connectivity index (χ3n) is 6.36. The lowest BCUT2D eigenvalue weighted by molar-refractivity contribution is -0.384. The van der Waals surface area contributed by atoms with Gasteiger partial charge in [-0.2, -0.15) is 11.8 Å². The van der Waals surface area contributed by atoms with Crippen molar-refractivity contribution in [1.82, 2.24) is 15.5 Å². The van der Waals surface area contributed by atoms with E-state index < -0.39 is 17.1 Å². The molecule has 4 rings (SSSR count). The van der Waals surface area contributed by atoms with Crippen molar-refractivity contribution in [3.05, 3.63) is 69.8 Å². The highest BCUT2D eigenvalue weighted by Crippen LogP contribution is 2.31. The van der Waals surface area contributed by atoms with Gasteiger partial charge in [0.15, 0.2) is 0 Å². The fourth-order valence-corrected chi connectivity index (χ4v) is 5.53. The summed E-state index contributed by atoms with van der Waals surface area (Å²) in [5, 5.41) is 17.2. The van der Waals surface area contributed by atoms with Crippen LogP contribution in [-0.4, -0.2) is 65.9 Å². The molecule has 0 aliphatic carbocycles. The number of carbonyl (C=O) groups excluding carboxylic acids is 2. The number of carbonyl (C=O) groups is 2. The zero-order valence-corrected chi connectivity index (χ0v) is 20.9. The molecule has 10 nitrogen and oxygen atoms in total. The van der Waals surface area contributed by atoms with Crippen LogP contribution in [0.2, 0.25) is 0 Å². The van der Waals surface area contributed by atoms with Crippen LogP contribution in [0.1, 0.15) is 24.0 Å². The number of nitro benzene ring substituents is 1. The van der Waals surface area contributed by atoms with Gasteiger partial charge in [0.05, 0.1) is 12.0 Å². The molecule has 0 radical (unpaired) electrons. The Morgan fingerprint density at radius 3 is 2.53 bits per heavy atom. The number of rotatable bonds is 9. The third kappa shape index (κ3) is 6.67. The van der Waals surface area contributed by atoms with Crippen LogP contribution < -0.4 is 15.4 Å². The average Bonchev–Trinajstić information content (AvgIpc) is 3.57. The van der Waals surface area contributed by atoms with Gasteiger partial charge in [-0.25, -0.2) is 4.79 Å². The maximum absolute atomic E-state index is 13.1. The van der Waals surface area contributed by atoms with Crippen LogP contribution in [0.3, 0.4) is 0 Å². The Hall–Kier alpha value is -3.31. The molecule has 0 saturated carbocycles. The highest BCUT2D eigenvalue weighted by molar-refractivity contribution is 7.99. The molecule has 11 heteroatoms. The van der Waals surface area contributed by atoms with Gasteiger partial charge >= 0.3 is 6.09 Å². The van der Waals surface area contributed by atoms with E-state index in [9.17, 15) is 19.7 Å². The van der Waals surface area contributed by atoms with Crippen molar-refractivity contribution in [3.8, 4) is 5.75 Å². The molecule has 36 heavy (non-hydrogen) atoms. The second kappa shape index (κ2) is 12.1. The summed E-state index contributed by atoms with van der Waals surface area (Å²) in [6, 6.07) is 13.2. The number of hydrogen-bond donors (Lipinski definition) is 2. The van der Waals surface area contributed by atoms with Gasteiger partial charge in [0.2, 0.25) is 5.91 Å². The normalized spacial score (nSPS) is 21.2. The molecule has 0 aromatic heterocycles. The molecule has 2 aromatic carbocycles. The van der Waals surface area contributed by atoms with Crippen molar-refractivity contribution in [2.75, 3.05) is 26.7 Å². The van der Waals surface area contributed by atoms with Gasteiger partial charge in [0.25, 0.3) is 5.69 Å². The number of thioether (sulfide) groups is 1. The molecule has 1 unspecified atom stereocenters. The van der Waals surface area contributed by atoms with Gasteiger partial charge in [-0.3, -0.25) is 19.8 Å². The summed E-state index contributed by atoms with van der Waals surface area (Å²) in [5.74, 6) is 1.38. The highest BCUT2D eigenvalue weighted by atomic mass is 32.2. The predicted molar refractivity (Wildman–Crippen MR) is 136 cm³/mol. The second-order valence-electron chi connectivity index (χ2n) is 8.86. The van der Waals surface area contributed by atoms with Gasteiger partial charge in [-0.05, 0) is 54.8 Å². The first kappa shape index (κ1) is 25.8. The summed E-state index contributed by atoms with van der Waals surface area (Å²) in [6.07, 6.45) is 0.837. The highest BCUT2D eigenvalue weighted by Gasteiger charge is 2.41. The molecule has 2 fully saturated rings. The molecule has 3 atom stereocenters. The molecule has 2 N–H and O–H groups in total. The number of methoxy groups -OCH3 is 1. The maximum atomic E-state index is 13.1. The molecule has 2 amide bonds. The van der Waals surface area contributed by atoms with Crippen LogP contribution in [0.4, 0.5) is 10.5 Å². The van der Waals surface area contributed by atoms with Crippen LogP contribution in [0.5, 0.6) is 5.75 Å². The monoisotopic (exact) mass is 514 g/mol. The zero-order valence-electron chi connectivity index (χ0n) is 20.1. The third-order valence-corrected chi connectivity index (χ3v) is 7.67. The first-order valence-corrected chi connectivity index (χ1v) is 12.9. The molecular formula is C25H30N4O6S. The molecule has 192 valence electrons. The minimum atomic E-state index is -0.608. The summed E-state index contributed by atoms with van der Waals surface area (Å²) in [6.45, 7) is 1.95. The molecule has 2 aromatic rings. The Morgan fingerprint density at radius 2 is 1.89 bits per heavy atom. The van der Waals surface area contributed by atoms with Crippen LogP contribution in [0.15, 0.2) is 48.5 Å². The number of nitro groups is 1. The quantitative estimate of drug-likeness (QED) is 0.387. The van der Waals surface area contributed by atoms with E-state index in [2.05, 4.69) is 10.6 Å². The topological polar surface area (TPSA) is 123 Å². The van der Waals surface area contributed by atoms with E-state index >= 15 is 0 Å². The number of nitrogens with one attached hydrogen (secondary N) is 2. The smallest absolute Gasteiger partial charge is 0.410 e.